The van der Waals surface area contributed by atoms with Crippen molar-refractivity contribution in [2.24, 2.45) is 0 Å². The first kappa shape index (κ1) is 22.1. The predicted molar refractivity (Wildman–Crippen MR) is 111 cm³/mol. The number of aliphatic hydroxyl groups is 3. The van der Waals surface area contributed by atoms with E-state index in [-0.39, 0.29) is 0 Å². The molecule has 0 saturated carbocycles. The van der Waals surface area contributed by atoms with Gasteiger partial charge < -0.3 is 39.0 Å². The Kier molecular flexibility index (Phi) is 6.57. The van der Waals surface area contributed by atoms with Gasteiger partial charge in [-0.05, 0) is 41.8 Å². The van der Waals surface area contributed by atoms with E-state index in [1.807, 2.05) is 18.2 Å². The van der Waals surface area contributed by atoms with Gasteiger partial charge in [-0.15, -0.1) is 0 Å². The molecular formula is C22H25ClO8. The number of aliphatic hydroxyl groups excluding tert-OH is 3. The average Bonchev–Trinajstić information content (AvgIpc) is 2.79. The van der Waals surface area contributed by atoms with Gasteiger partial charge in [0.15, 0.2) is 17.8 Å². The quantitative estimate of drug-likeness (QED) is 0.631. The molecule has 0 spiro atoms. The van der Waals surface area contributed by atoms with E-state index in [0.29, 0.717) is 47.5 Å². The Balaban J connectivity index is 1.67. The highest BCUT2D eigenvalue weighted by Gasteiger charge is 2.45. The fourth-order valence-electron chi connectivity index (χ4n) is 3.87. The largest absolute Gasteiger partial charge is 0.496 e. The summed E-state index contributed by atoms with van der Waals surface area (Å²) in [4.78, 5) is 0. The number of methoxy groups -OCH3 is 2. The van der Waals surface area contributed by atoms with Gasteiger partial charge in [-0.25, -0.2) is 0 Å². The molecule has 3 N–H and O–H groups in total. The van der Waals surface area contributed by atoms with Crippen molar-refractivity contribution >= 4 is 11.6 Å². The highest BCUT2D eigenvalue weighted by atomic mass is 35.5. The molecule has 0 aromatic heterocycles. The van der Waals surface area contributed by atoms with Crippen molar-refractivity contribution in [1.29, 1.82) is 0 Å². The Labute approximate surface area is 184 Å². The number of hydrogen-bond acceptors (Lipinski definition) is 8. The normalized spacial score (nSPS) is 27.7. The maximum absolute atomic E-state index is 10.6. The van der Waals surface area contributed by atoms with Crippen LogP contribution in [0.3, 0.4) is 0 Å². The summed E-state index contributed by atoms with van der Waals surface area (Å²) in [6.07, 6.45) is -5.84. The van der Waals surface area contributed by atoms with Crippen molar-refractivity contribution in [3.05, 3.63) is 52.0 Å². The molecule has 2 aliphatic heterocycles. The zero-order valence-electron chi connectivity index (χ0n) is 17.2. The maximum Gasteiger partial charge on any atom is 0.186 e. The summed E-state index contributed by atoms with van der Waals surface area (Å²) in [5, 5.41) is 31.4. The zero-order chi connectivity index (χ0) is 22.1. The van der Waals surface area contributed by atoms with Crippen molar-refractivity contribution in [3.63, 3.8) is 0 Å². The molecular weight excluding hydrogens is 428 g/mol. The molecule has 1 saturated heterocycles. The van der Waals surface area contributed by atoms with Crippen molar-refractivity contribution in [1.82, 2.24) is 0 Å². The molecule has 0 radical (unpaired) electrons. The first-order valence-electron chi connectivity index (χ1n) is 9.90. The summed E-state index contributed by atoms with van der Waals surface area (Å²) < 4.78 is 27.5. The van der Waals surface area contributed by atoms with Crippen LogP contribution in [0, 0.1) is 0 Å². The van der Waals surface area contributed by atoms with Crippen LogP contribution in [0.2, 0.25) is 5.02 Å². The van der Waals surface area contributed by atoms with Crippen LogP contribution in [0.25, 0.3) is 0 Å². The molecule has 4 rings (SSSR count). The number of rotatable bonds is 5. The van der Waals surface area contributed by atoms with E-state index in [0.717, 1.165) is 11.1 Å². The van der Waals surface area contributed by atoms with E-state index in [4.69, 9.17) is 35.3 Å². The van der Waals surface area contributed by atoms with Crippen LogP contribution < -0.4 is 14.2 Å². The summed E-state index contributed by atoms with van der Waals surface area (Å²) >= 11 is 6.50. The van der Waals surface area contributed by atoms with Gasteiger partial charge in [-0.3, -0.25) is 0 Å². The zero-order valence-corrected chi connectivity index (χ0v) is 17.9. The summed E-state index contributed by atoms with van der Waals surface area (Å²) in [7, 11) is 2.83. The third-order valence-corrected chi connectivity index (χ3v) is 5.86. The Bertz CT molecular complexity index is 934. The van der Waals surface area contributed by atoms with Crippen molar-refractivity contribution in [2.75, 3.05) is 27.4 Å². The van der Waals surface area contributed by atoms with Crippen LogP contribution in [0.5, 0.6) is 17.2 Å². The number of hydrogen-bond donors (Lipinski definition) is 3. The molecule has 2 aromatic carbocycles. The van der Waals surface area contributed by atoms with E-state index in [2.05, 4.69) is 0 Å². The average molecular weight is 453 g/mol. The monoisotopic (exact) mass is 452 g/mol. The van der Waals surface area contributed by atoms with Gasteiger partial charge in [0.05, 0.1) is 7.11 Å². The van der Waals surface area contributed by atoms with Gasteiger partial charge in [0.1, 0.15) is 43.4 Å². The highest BCUT2D eigenvalue weighted by Crippen LogP contribution is 2.40. The standard InChI is InChI=1S/C22H25ClO8/c1-27-16-10-14(23)12(7-11-3-4-15-17(8-11)30-6-5-29-15)9-13(16)21-19(25)18(24)20(26)22(28-2)31-21/h3-4,8-10,18-22,24-26H,5-7H2,1-2H3/t18?,19?,20-,21-,22-/m0/s1. The second-order valence-corrected chi connectivity index (χ2v) is 7.88. The second kappa shape index (κ2) is 9.20. The predicted octanol–water partition coefficient (Wildman–Crippen LogP) is 1.84. The fourth-order valence-corrected chi connectivity index (χ4v) is 4.09. The summed E-state index contributed by atoms with van der Waals surface area (Å²) in [5.74, 6) is 1.77. The van der Waals surface area contributed by atoms with E-state index in [9.17, 15) is 15.3 Å². The molecule has 2 aromatic rings. The van der Waals surface area contributed by atoms with E-state index < -0.39 is 30.7 Å². The highest BCUT2D eigenvalue weighted by molar-refractivity contribution is 6.31. The maximum atomic E-state index is 10.6. The first-order chi connectivity index (χ1) is 14.9. The second-order valence-electron chi connectivity index (χ2n) is 7.47. The molecule has 2 aliphatic rings. The number of ether oxygens (including phenoxy) is 5. The number of fused-ring (bicyclic) bond motifs is 1. The Morgan fingerprint density at radius 3 is 2.42 bits per heavy atom. The van der Waals surface area contributed by atoms with Gasteiger partial charge in [0.2, 0.25) is 0 Å². The number of benzene rings is 2. The van der Waals surface area contributed by atoms with Crippen LogP contribution >= 0.6 is 11.6 Å². The van der Waals surface area contributed by atoms with Gasteiger partial charge in [0, 0.05) is 17.7 Å². The topological polar surface area (TPSA) is 107 Å². The molecule has 31 heavy (non-hydrogen) atoms. The number of halogens is 1. The molecule has 0 bridgehead atoms. The molecule has 8 nitrogen and oxygen atoms in total. The third-order valence-electron chi connectivity index (χ3n) is 5.51. The van der Waals surface area contributed by atoms with Crippen molar-refractivity contribution < 1.29 is 39.0 Å². The minimum atomic E-state index is -1.45. The lowest BCUT2D eigenvalue weighted by molar-refractivity contribution is -0.292. The van der Waals surface area contributed by atoms with Crippen LogP contribution in [-0.2, 0) is 15.9 Å². The lowest BCUT2D eigenvalue weighted by Gasteiger charge is -2.40. The van der Waals surface area contributed by atoms with Crippen LogP contribution in [0.15, 0.2) is 30.3 Å². The summed E-state index contributed by atoms with van der Waals surface area (Å²) in [6.45, 7) is 1.02. The lowest BCUT2D eigenvalue weighted by Crippen LogP contribution is -2.54. The smallest absolute Gasteiger partial charge is 0.186 e. The minimum absolute atomic E-state index is 0.387. The van der Waals surface area contributed by atoms with E-state index >= 15 is 0 Å². The fraction of sp³-hybridized carbons (Fsp3) is 0.455. The van der Waals surface area contributed by atoms with Crippen LogP contribution in [0.1, 0.15) is 22.8 Å². The van der Waals surface area contributed by atoms with Crippen molar-refractivity contribution in [3.8, 4) is 17.2 Å². The van der Waals surface area contributed by atoms with Gasteiger partial charge in [0.25, 0.3) is 0 Å². The van der Waals surface area contributed by atoms with E-state index in [1.165, 1.54) is 14.2 Å². The Morgan fingerprint density at radius 1 is 0.968 bits per heavy atom. The van der Waals surface area contributed by atoms with Crippen LogP contribution in [0.4, 0.5) is 0 Å². The molecule has 2 heterocycles. The summed E-state index contributed by atoms with van der Waals surface area (Å²) in [5.41, 5.74) is 2.21. The molecule has 9 heteroatoms. The van der Waals surface area contributed by atoms with Gasteiger partial charge >= 0.3 is 0 Å². The molecule has 168 valence electrons. The third kappa shape index (κ3) is 4.32. The molecule has 1 fully saturated rings. The Morgan fingerprint density at radius 2 is 1.71 bits per heavy atom. The molecule has 2 unspecified atom stereocenters. The van der Waals surface area contributed by atoms with E-state index in [1.54, 1.807) is 12.1 Å². The lowest BCUT2D eigenvalue weighted by atomic mass is 9.91. The SMILES string of the molecule is COc1cc(Cl)c(Cc2ccc3c(c2)OCCO3)cc1[C@@H]1O[C@H](OC)[C@@H](O)C(O)C1O. The van der Waals surface area contributed by atoms with Crippen molar-refractivity contribution in [2.45, 2.75) is 37.1 Å². The van der Waals surface area contributed by atoms with Gasteiger partial charge in [-0.2, -0.15) is 0 Å². The molecule has 5 atom stereocenters. The van der Waals surface area contributed by atoms with Gasteiger partial charge in [-0.1, -0.05) is 17.7 Å². The first-order valence-corrected chi connectivity index (χ1v) is 10.3. The summed E-state index contributed by atoms with van der Waals surface area (Å²) in [6, 6.07) is 9.10. The minimum Gasteiger partial charge on any atom is -0.496 e. The molecule has 0 amide bonds. The van der Waals surface area contributed by atoms with Crippen LogP contribution in [-0.4, -0.2) is 67.4 Å². The Hall–Kier alpha value is -2.07. The molecule has 0 aliphatic carbocycles.